The van der Waals surface area contributed by atoms with Crippen LogP contribution in [0.5, 0.6) is 0 Å². The molecule has 1 N–H and O–H groups in total. The number of rotatable bonds is 8. The molecular weight excluding hydrogens is 406 g/mol. The van der Waals surface area contributed by atoms with Crippen LogP contribution in [0, 0.1) is 0 Å². The van der Waals surface area contributed by atoms with Crippen LogP contribution in [0.25, 0.3) is 0 Å². The number of hydrogen-bond acceptors (Lipinski definition) is 6. The fraction of sp³-hybridized carbons (Fsp3) is 0.240. The van der Waals surface area contributed by atoms with E-state index >= 15 is 0 Å². The zero-order valence-electron chi connectivity index (χ0n) is 18.1. The second kappa shape index (κ2) is 9.09. The Balaban J connectivity index is 1.76. The molecule has 0 radical (unpaired) electrons. The maximum absolute atomic E-state index is 13.2. The molecule has 0 saturated heterocycles. The van der Waals surface area contributed by atoms with Gasteiger partial charge in [-0.05, 0) is 55.3 Å². The first-order chi connectivity index (χ1) is 15.5. The predicted octanol–water partition coefficient (Wildman–Crippen LogP) is 4.30. The van der Waals surface area contributed by atoms with Gasteiger partial charge in [0.2, 0.25) is 5.78 Å². The predicted molar refractivity (Wildman–Crippen MR) is 120 cm³/mol. The van der Waals surface area contributed by atoms with E-state index < -0.39 is 23.5 Å². The number of carbonyl (C=O) groups excluding carboxylic acids is 2. The van der Waals surface area contributed by atoms with E-state index in [2.05, 4.69) is 23.7 Å². The monoisotopic (exact) mass is 431 g/mol. The van der Waals surface area contributed by atoms with E-state index in [1.807, 2.05) is 30.3 Å². The van der Waals surface area contributed by atoms with Gasteiger partial charge in [0.15, 0.2) is 11.5 Å². The second-order valence-electron chi connectivity index (χ2n) is 7.53. The Labute approximate surface area is 186 Å². The molecule has 0 fully saturated rings. The normalized spacial score (nSPS) is 16.0. The quantitative estimate of drug-likeness (QED) is 0.535. The highest BCUT2D eigenvalue weighted by atomic mass is 16.3. The molecule has 1 amide bonds. The summed E-state index contributed by atoms with van der Waals surface area (Å²) in [7, 11) is 0. The van der Waals surface area contributed by atoms with Crippen LogP contribution in [-0.2, 0) is 11.3 Å². The van der Waals surface area contributed by atoms with Gasteiger partial charge >= 0.3 is 0 Å². The van der Waals surface area contributed by atoms with Crippen LogP contribution in [0.4, 0.5) is 5.69 Å². The van der Waals surface area contributed by atoms with Crippen molar-refractivity contribution in [1.29, 1.82) is 0 Å². The van der Waals surface area contributed by atoms with E-state index in [1.54, 1.807) is 24.5 Å². The number of aromatic nitrogens is 1. The van der Waals surface area contributed by atoms with Crippen molar-refractivity contribution < 1.29 is 19.1 Å². The van der Waals surface area contributed by atoms with Gasteiger partial charge in [-0.1, -0.05) is 18.2 Å². The Morgan fingerprint density at radius 1 is 1.12 bits per heavy atom. The van der Waals surface area contributed by atoms with Crippen LogP contribution in [0.1, 0.15) is 41.6 Å². The molecule has 7 heteroatoms. The third-order valence-electron chi connectivity index (χ3n) is 5.71. The second-order valence-corrected chi connectivity index (χ2v) is 7.53. The Bertz CT molecular complexity index is 1120. The van der Waals surface area contributed by atoms with Crippen LogP contribution >= 0.6 is 0 Å². The molecule has 4 rings (SSSR count). The molecule has 1 aliphatic rings. The largest absolute Gasteiger partial charge is 0.503 e. The van der Waals surface area contributed by atoms with Crippen molar-refractivity contribution in [2.75, 3.05) is 18.0 Å². The van der Waals surface area contributed by atoms with E-state index in [1.165, 1.54) is 17.2 Å². The number of pyridine rings is 1. The molecule has 3 heterocycles. The molecule has 32 heavy (non-hydrogen) atoms. The van der Waals surface area contributed by atoms with Crippen molar-refractivity contribution in [3.63, 3.8) is 0 Å². The average molecular weight is 431 g/mol. The van der Waals surface area contributed by atoms with Gasteiger partial charge in [0.1, 0.15) is 0 Å². The third-order valence-corrected chi connectivity index (χ3v) is 5.71. The van der Waals surface area contributed by atoms with Crippen molar-refractivity contribution in [3.05, 3.63) is 95.4 Å². The maximum atomic E-state index is 13.2. The lowest BCUT2D eigenvalue weighted by atomic mass is 9.94. The van der Waals surface area contributed by atoms with E-state index in [4.69, 9.17) is 4.42 Å². The summed E-state index contributed by atoms with van der Waals surface area (Å²) in [4.78, 5) is 34.1. The number of furan rings is 1. The minimum absolute atomic E-state index is 0.0180. The Morgan fingerprint density at radius 3 is 2.47 bits per heavy atom. The van der Waals surface area contributed by atoms with Crippen LogP contribution in [0.15, 0.2) is 82.9 Å². The number of hydrogen-bond donors (Lipinski definition) is 1. The standard InChI is InChI=1S/C25H25N3O4/c1-3-27(4-2)19-11-9-18(10-12-19)22-21(23(29)20-8-6-14-32-20)24(30)25(31)28(22)16-17-7-5-13-26-15-17/h5-15,22,30H,3-4,16H2,1-2H3. The summed E-state index contributed by atoms with van der Waals surface area (Å²) < 4.78 is 5.27. The van der Waals surface area contributed by atoms with Crippen LogP contribution in [-0.4, -0.2) is 39.8 Å². The number of benzene rings is 1. The van der Waals surface area contributed by atoms with Gasteiger partial charge in [-0.3, -0.25) is 14.6 Å². The van der Waals surface area contributed by atoms with E-state index in [9.17, 15) is 14.7 Å². The molecule has 1 aromatic carbocycles. The summed E-state index contributed by atoms with van der Waals surface area (Å²) in [6, 6.07) is 13.8. The SMILES string of the molecule is CCN(CC)c1ccc(C2C(C(=O)c3ccco3)=C(O)C(=O)N2Cc2cccnc2)cc1. The van der Waals surface area contributed by atoms with E-state index in [0.717, 1.165) is 29.9 Å². The van der Waals surface area contributed by atoms with Gasteiger partial charge in [-0.25, -0.2) is 0 Å². The minimum Gasteiger partial charge on any atom is -0.503 e. The third kappa shape index (κ3) is 3.89. The van der Waals surface area contributed by atoms with Gasteiger partial charge in [0.25, 0.3) is 5.91 Å². The highest BCUT2D eigenvalue weighted by Gasteiger charge is 2.44. The number of aliphatic hydroxyl groups is 1. The number of aliphatic hydroxyl groups excluding tert-OH is 1. The van der Waals surface area contributed by atoms with Crippen LogP contribution in [0.2, 0.25) is 0 Å². The van der Waals surface area contributed by atoms with Gasteiger partial charge in [-0.2, -0.15) is 0 Å². The number of anilines is 1. The average Bonchev–Trinajstić information content (AvgIpc) is 3.44. The first-order valence-corrected chi connectivity index (χ1v) is 10.6. The fourth-order valence-electron chi connectivity index (χ4n) is 4.08. The number of amides is 1. The van der Waals surface area contributed by atoms with Crippen molar-refractivity contribution in [2.45, 2.75) is 26.4 Å². The first-order valence-electron chi connectivity index (χ1n) is 10.6. The minimum atomic E-state index is -0.744. The van der Waals surface area contributed by atoms with Gasteiger partial charge in [0, 0.05) is 37.7 Å². The summed E-state index contributed by atoms with van der Waals surface area (Å²) in [5.41, 5.74) is 2.60. The lowest BCUT2D eigenvalue weighted by Gasteiger charge is -2.27. The van der Waals surface area contributed by atoms with Crippen molar-refractivity contribution >= 4 is 17.4 Å². The number of nitrogens with zero attached hydrogens (tertiary/aromatic N) is 3. The van der Waals surface area contributed by atoms with Gasteiger partial charge in [-0.15, -0.1) is 0 Å². The first kappa shape index (κ1) is 21.4. The molecule has 2 aromatic heterocycles. The molecule has 3 aromatic rings. The molecule has 1 atom stereocenters. The maximum Gasteiger partial charge on any atom is 0.290 e. The van der Waals surface area contributed by atoms with Crippen molar-refractivity contribution in [2.24, 2.45) is 0 Å². The Kier molecular flexibility index (Phi) is 6.07. The summed E-state index contributed by atoms with van der Waals surface area (Å²) in [5, 5.41) is 10.7. The molecule has 164 valence electrons. The zero-order valence-corrected chi connectivity index (χ0v) is 18.1. The Hall–Kier alpha value is -3.87. The van der Waals surface area contributed by atoms with Crippen LogP contribution < -0.4 is 4.90 Å². The highest BCUT2D eigenvalue weighted by Crippen LogP contribution is 2.40. The van der Waals surface area contributed by atoms with Crippen LogP contribution in [0.3, 0.4) is 0 Å². The number of ketones is 1. The van der Waals surface area contributed by atoms with Crippen molar-refractivity contribution in [3.8, 4) is 0 Å². The smallest absolute Gasteiger partial charge is 0.290 e. The molecule has 1 aliphatic heterocycles. The summed E-state index contributed by atoms with van der Waals surface area (Å²) in [5.74, 6) is -1.57. The molecular formula is C25H25N3O4. The Morgan fingerprint density at radius 2 is 1.88 bits per heavy atom. The lowest BCUT2D eigenvalue weighted by molar-refractivity contribution is -0.130. The van der Waals surface area contributed by atoms with E-state index in [0.29, 0.717) is 0 Å². The van der Waals surface area contributed by atoms with Gasteiger partial charge in [0.05, 0.1) is 17.9 Å². The molecule has 0 spiro atoms. The topological polar surface area (TPSA) is 86.9 Å². The molecule has 7 nitrogen and oxygen atoms in total. The molecule has 0 bridgehead atoms. The number of carbonyl (C=O) groups is 2. The molecule has 0 saturated carbocycles. The summed E-state index contributed by atoms with van der Waals surface area (Å²) in [6.45, 7) is 6.11. The fourth-order valence-corrected chi connectivity index (χ4v) is 4.08. The molecule has 0 aliphatic carbocycles. The van der Waals surface area contributed by atoms with E-state index in [-0.39, 0.29) is 17.9 Å². The zero-order chi connectivity index (χ0) is 22.7. The van der Waals surface area contributed by atoms with Crippen molar-refractivity contribution in [1.82, 2.24) is 9.88 Å². The van der Waals surface area contributed by atoms with Gasteiger partial charge < -0.3 is 19.3 Å². The lowest BCUT2D eigenvalue weighted by Crippen LogP contribution is -2.30. The number of Topliss-reactive ketones (excluding diaryl/α,β-unsaturated/α-hetero) is 1. The summed E-state index contributed by atoms with van der Waals surface area (Å²) >= 11 is 0. The molecule has 1 unspecified atom stereocenters. The highest BCUT2D eigenvalue weighted by molar-refractivity contribution is 6.15. The summed E-state index contributed by atoms with van der Waals surface area (Å²) in [6.07, 6.45) is 4.71.